The van der Waals surface area contributed by atoms with Crippen molar-refractivity contribution in [2.75, 3.05) is 6.61 Å². The number of hydrogen-bond acceptors (Lipinski definition) is 3. The number of aliphatic hydroxyl groups is 2. The second-order valence-corrected chi connectivity index (χ2v) is 11.7. The van der Waals surface area contributed by atoms with E-state index in [1.807, 2.05) is 0 Å². The number of allylic oxidation sites excluding steroid dienone is 2. The monoisotopic (exact) mass is 550 g/mol. The summed E-state index contributed by atoms with van der Waals surface area (Å²) >= 11 is 0. The number of aliphatic hydroxyl groups excluding tert-OH is 2. The number of unbranched alkanes of at least 4 members (excludes halogenated alkanes) is 26. The zero-order valence-electron chi connectivity index (χ0n) is 25.6. The molecule has 0 aromatic carbocycles. The van der Waals surface area contributed by atoms with E-state index in [4.69, 9.17) is 10.2 Å². The highest BCUT2D eigenvalue weighted by Gasteiger charge is 1.99. The summed E-state index contributed by atoms with van der Waals surface area (Å²) < 4.78 is 0. The third kappa shape index (κ3) is 34.8. The zero-order valence-corrected chi connectivity index (χ0v) is 25.6. The molecule has 230 valence electrons. The van der Waals surface area contributed by atoms with Gasteiger partial charge in [-0.25, -0.2) is 4.79 Å². The minimum absolute atomic E-state index is 0.361. The van der Waals surface area contributed by atoms with Crippen molar-refractivity contribution in [1.29, 1.82) is 0 Å². The molecule has 0 aromatic heterocycles. The minimum Gasteiger partial charge on any atom is -0.478 e. The van der Waals surface area contributed by atoms with Gasteiger partial charge in [0.2, 0.25) is 0 Å². The highest BCUT2D eigenvalue weighted by Crippen LogP contribution is 2.16. The molecule has 39 heavy (non-hydrogen) atoms. The first-order chi connectivity index (χ1) is 19.2. The summed E-state index contributed by atoms with van der Waals surface area (Å²) in [5.41, 5.74) is 0. The molecule has 4 nitrogen and oxygen atoms in total. The Morgan fingerprint density at radius 2 is 0.744 bits per heavy atom. The van der Waals surface area contributed by atoms with Gasteiger partial charge in [0.05, 0.1) is 6.10 Å². The molecule has 0 aromatic rings. The van der Waals surface area contributed by atoms with E-state index in [-0.39, 0.29) is 0 Å². The maximum atomic E-state index is 10.4. The molecule has 0 rings (SSSR count). The molecule has 0 heterocycles. The molecule has 4 heteroatoms. The Morgan fingerprint density at radius 3 is 1.03 bits per heavy atom. The van der Waals surface area contributed by atoms with Crippen LogP contribution in [-0.4, -0.2) is 34.0 Å². The molecule has 0 saturated heterocycles. The molecule has 1 unspecified atom stereocenters. The van der Waals surface area contributed by atoms with Gasteiger partial charge in [-0.2, -0.15) is 0 Å². The Bertz CT molecular complexity index is 543. The average Bonchev–Trinajstić information content (AvgIpc) is 2.92. The summed E-state index contributed by atoms with van der Waals surface area (Å²) in [5, 5.41) is 27.1. The van der Waals surface area contributed by atoms with Gasteiger partial charge < -0.3 is 15.3 Å². The Kier molecular flexibility index (Phi) is 32.1. The van der Waals surface area contributed by atoms with Crippen molar-refractivity contribution >= 4 is 5.97 Å². The van der Waals surface area contributed by atoms with E-state index in [9.17, 15) is 9.90 Å². The lowest BCUT2D eigenvalue weighted by molar-refractivity contribution is -0.131. The van der Waals surface area contributed by atoms with Crippen LogP contribution in [0.3, 0.4) is 0 Å². The normalized spacial score (nSPS) is 12.7. The van der Waals surface area contributed by atoms with Gasteiger partial charge in [0.25, 0.3) is 0 Å². The molecule has 0 aliphatic heterocycles. The smallest absolute Gasteiger partial charge is 0.328 e. The van der Waals surface area contributed by atoms with Crippen LogP contribution >= 0.6 is 0 Å². The first kappa shape index (κ1) is 37.9. The largest absolute Gasteiger partial charge is 0.478 e. The lowest BCUT2D eigenvalue weighted by Crippen LogP contribution is -2.01. The Morgan fingerprint density at radius 1 is 0.462 bits per heavy atom. The molecular formula is C35H66O4. The molecule has 1 atom stereocenters. The van der Waals surface area contributed by atoms with E-state index in [1.165, 1.54) is 167 Å². The highest BCUT2D eigenvalue weighted by atomic mass is 16.4. The Hall–Kier alpha value is -1.13. The number of rotatable bonds is 32. The maximum Gasteiger partial charge on any atom is 0.328 e. The predicted octanol–water partition coefficient (Wildman–Crippen LogP) is 10.5. The van der Waals surface area contributed by atoms with Gasteiger partial charge in [-0.05, 0) is 12.8 Å². The Balaban J connectivity index is 3.14. The molecule has 0 saturated carbocycles. The number of aliphatic carboxylic acids is 1. The molecular weight excluding hydrogens is 484 g/mol. The van der Waals surface area contributed by atoms with Gasteiger partial charge in [-0.3, -0.25) is 0 Å². The van der Waals surface area contributed by atoms with Gasteiger partial charge in [0.1, 0.15) is 0 Å². The minimum atomic E-state index is -0.966. The van der Waals surface area contributed by atoms with E-state index in [0.717, 1.165) is 25.3 Å². The number of hydrogen-bond donors (Lipinski definition) is 3. The molecule has 3 N–H and O–H groups in total. The molecule has 0 aliphatic carbocycles. The van der Waals surface area contributed by atoms with Crippen molar-refractivity contribution in [2.45, 2.75) is 186 Å². The van der Waals surface area contributed by atoms with Crippen molar-refractivity contribution in [2.24, 2.45) is 0 Å². The summed E-state index contributed by atoms with van der Waals surface area (Å²) in [4.78, 5) is 10.4. The third-order valence-corrected chi connectivity index (χ3v) is 7.84. The van der Waals surface area contributed by atoms with Crippen LogP contribution < -0.4 is 0 Å². The van der Waals surface area contributed by atoms with Crippen molar-refractivity contribution in [3.63, 3.8) is 0 Å². The highest BCUT2D eigenvalue weighted by molar-refractivity contribution is 5.80. The summed E-state index contributed by atoms with van der Waals surface area (Å²) in [5.74, 6) is -0.966. The SMILES string of the molecule is O=C(O)C=CC=CC(O)CCCCCCCCCCCCCCCCCCCCCCCCCCCCCO. The first-order valence-electron chi connectivity index (χ1n) is 17.0. The van der Waals surface area contributed by atoms with Crippen molar-refractivity contribution in [3.05, 3.63) is 24.3 Å². The average molecular weight is 551 g/mol. The fourth-order valence-electron chi connectivity index (χ4n) is 5.31. The van der Waals surface area contributed by atoms with Gasteiger partial charge in [0, 0.05) is 12.7 Å². The zero-order chi connectivity index (χ0) is 28.5. The fraction of sp³-hybridized carbons (Fsp3) is 0.857. The second-order valence-electron chi connectivity index (χ2n) is 11.7. The molecule has 0 spiro atoms. The van der Waals surface area contributed by atoms with Gasteiger partial charge in [-0.15, -0.1) is 0 Å². The third-order valence-electron chi connectivity index (χ3n) is 7.84. The van der Waals surface area contributed by atoms with Gasteiger partial charge in [0.15, 0.2) is 0 Å². The Labute approximate surface area is 242 Å². The van der Waals surface area contributed by atoms with Crippen LogP contribution in [0.4, 0.5) is 0 Å². The van der Waals surface area contributed by atoms with Crippen molar-refractivity contribution in [1.82, 2.24) is 0 Å². The maximum absolute atomic E-state index is 10.4. The van der Waals surface area contributed by atoms with E-state index in [2.05, 4.69) is 0 Å². The van der Waals surface area contributed by atoms with E-state index >= 15 is 0 Å². The summed E-state index contributed by atoms with van der Waals surface area (Å²) in [6.07, 6.45) is 42.6. The standard InChI is InChI=1S/C35H66O4/c36-33-29-25-23-21-19-17-15-13-11-9-7-5-3-1-2-4-6-8-10-12-14-16-18-20-22-24-26-30-34(37)31-27-28-32-35(38)39/h27-28,31-32,34,36-37H,1-26,29-30,33H2,(H,38,39). The summed E-state index contributed by atoms with van der Waals surface area (Å²) in [6, 6.07) is 0. The van der Waals surface area contributed by atoms with Crippen LogP contribution in [-0.2, 0) is 4.79 Å². The van der Waals surface area contributed by atoms with E-state index in [1.54, 1.807) is 12.2 Å². The van der Waals surface area contributed by atoms with Crippen LogP contribution in [0.15, 0.2) is 24.3 Å². The van der Waals surface area contributed by atoms with Crippen molar-refractivity contribution in [3.8, 4) is 0 Å². The van der Waals surface area contributed by atoms with Crippen LogP contribution in [0, 0.1) is 0 Å². The lowest BCUT2D eigenvalue weighted by atomic mass is 10.0. The van der Waals surface area contributed by atoms with Crippen LogP contribution in [0.1, 0.15) is 180 Å². The second kappa shape index (κ2) is 33.1. The molecule has 0 bridgehead atoms. The van der Waals surface area contributed by atoms with Crippen LogP contribution in [0.2, 0.25) is 0 Å². The number of carbonyl (C=O) groups is 1. The van der Waals surface area contributed by atoms with Crippen LogP contribution in [0.5, 0.6) is 0 Å². The molecule has 0 fully saturated rings. The lowest BCUT2D eigenvalue weighted by Gasteiger charge is -2.05. The van der Waals surface area contributed by atoms with Gasteiger partial charge in [-0.1, -0.05) is 185 Å². The van der Waals surface area contributed by atoms with Crippen molar-refractivity contribution < 1.29 is 20.1 Å². The predicted molar refractivity (Wildman–Crippen MR) is 168 cm³/mol. The van der Waals surface area contributed by atoms with E-state index in [0.29, 0.717) is 6.61 Å². The van der Waals surface area contributed by atoms with Gasteiger partial charge >= 0.3 is 5.97 Å². The number of carboxylic acid groups (broad SMARTS) is 1. The summed E-state index contributed by atoms with van der Waals surface area (Å²) in [7, 11) is 0. The fourth-order valence-corrected chi connectivity index (χ4v) is 5.31. The van der Waals surface area contributed by atoms with E-state index < -0.39 is 12.1 Å². The molecule has 0 radical (unpaired) electrons. The summed E-state index contributed by atoms with van der Waals surface area (Å²) in [6.45, 7) is 0.361. The molecule has 0 aliphatic rings. The van der Waals surface area contributed by atoms with Crippen LogP contribution in [0.25, 0.3) is 0 Å². The topological polar surface area (TPSA) is 77.8 Å². The molecule has 0 amide bonds. The quantitative estimate of drug-likeness (QED) is 0.0442. The first-order valence-corrected chi connectivity index (χ1v) is 17.0. The number of carboxylic acids is 1.